The van der Waals surface area contributed by atoms with E-state index in [1.165, 1.54) is 9.88 Å². The van der Waals surface area contributed by atoms with Gasteiger partial charge in [0, 0.05) is 36.8 Å². The second-order valence-corrected chi connectivity index (χ2v) is 5.21. The first-order chi connectivity index (χ1) is 6.75. The van der Waals surface area contributed by atoms with Crippen LogP contribution in [-0.4, -0.2) is 35.6 Å². The molecule has 2 heterocycles. The second-order valence-electron chi connectivity index (χ2n) is 3.89. The van der Waals surface area contributed by atoms with Crippen LogP contribution in [0, 0.1) is 6.92 Å². The summed E-state index contributed by atoms with van der Waals surface area (Å²) in [4.78, 5) is 8.20. The molecule has 4 heteroatoms. The van der Waals surface area contributed by atoms with Crippen molar-refractivity contribution >= 4 is 11.3 Å². The van der Waals surface area contributed by atoms with E-state index in [2.05, 4.69) is 29.0 Å². The van der Waals surface area contributed by atoms with Gasteiger partial charge in [0.1, 0.15) is 5.01 Å². The topological polar surface area (TPSA) is 28.2 Å². The lowest BCUT2D eigenvalue weighted by molar-refractivity contribution is 0.165. The molecule has 2 rings (SSSR count). The Balaban J connectivity index is 1.95. The van der Waals surface area contributed by atoms with Crippen LogP contribution in [0.25, 0.3) is 0 Å². The summed E-state index contributed by atoms with van der Waals surface area (Å²) in [6, 6.07) is 0.632. The molecule has 1 aliphatic heterocycles. The molecule has 0 amide bonds. The van der Waals surface area contributed by atoms with E-state index < -0.39 is 0 Å². The van der Waals surface area contributed by atoms with Crippen LogP contribution < -0.4 is 5.32 Å². The van der Waals surface area contributed by atoms with Crippen molar-refractivity contribution in [1.29, 1.82) is 0 Å². The highest BCUT2D eigenvalue weighted by atomic mass is 32.1. The van der Waals surface area contributed by atoms with Gasteiger partial charge in [-0.1, -0.05) is 0 Å². The number of aromatic nitrogens is 1. The maximum atomic E-state index is 4.40. The molecule has 1 aromatic rings. The second kappa shape index (κ2) is 4.38. The lowest BCUT2D eigenvalue weighted by Crippen LogP contribution is -2.49. The Bertz CT molecular complexity index is 297. The Morgan fingerprint density at radius 2 is 2.57 bits per heavy atom. The Hall–Kier alpha value is -0.450. The first-order valence-corrected chi connectivity index (χ1v) is 5.93. The third kappa shape index (κ3) is 2.32. The van der Waals surface area contributed by atoms with Crippen LogP contribution in [0.1, 0.15) is 16.8 Å². The highest BCUT2D eigenvalue weighted by molar-refractivity contribution is 7.11. The predicted molar refractivity (Wildman–Crippen MR) is 59.6 cm³/mol. The molecule has 0 saturated carbocycles. The van der Waals surface area contributed by atoms with Crippen molar-refractivity contribution in [3.05, 3.63) is 16.1 Å². The van der Waals surface area contributed by atoms with Crippen molar-refractivity contribution in [2.24, 2.45) is 0 Å². The largest absolute Gasteiger partial charge is 0.314 e. The Morgan fingerprint density at radius 3 is 3.21 bits per heavy atom. The lowest BCUT2D eigenvalue weighted by Gasteiger charge is -2.33. The molecule has 78 valence electrons. The minimum absolute atomic E-state index is 0.632. The van der Waals surface area contributed by atoms with Gasteiger partial charge >= 0.3 is 0 Å². The van der Waals surface area contributed by atoms with Gasteiger partial charge in [-0.25, -0.2) is 4.98 Å². The summed E-state index contributed by atoms with van der Waals surface area (Å²) in [6.45, 7) is 8.75. The van der Waals surface area contributed by atoms with Gasteiger partial charge in [0.05, 0.1) is 6.54 Å². The van der Waals surface area contributed by atoms with Gasteiger partial charge < -0.3 is 5.32 Å². The lowest BCUT2D eigenvalue weighted by atomic mass is 10.2. The molecule has 0 aromatic carbocycles. The van der Waals surface area contributed by atoms with E-state index >= 15 is 0 Å². The molecule has 3 nitrogen and oxygen atoms in total. The average molecular weight is 211 g/mol. The molecular formula is C10H17N3S. The third-order valence-electron chi connectivity index (χ3n) is 2.65. The quantitative estimate of drug-likeness (QED) is 0.798. The van der Waals surface area contributed by atoms with Gasteiger partial charge in [-0.3, -0.25) is 4.90 Å². The normalized spacial score (nSPS) is 24.0. The van der Waals surface area contributed by atoms with E-state index in [1.54, 1.807) is 0 Å². The zero-order chi connectivity index (χ0) is 9.97. The van der Waals surface area contributed by atoms with Crippen molar-refractivity contribution in [3.63, 3.8) is 0 Å². The van der Waals surface area contributed by atoms with Gasteiger partial charge in [0.2, 0.25) is 0 Å². The zero-order valence-electron chi connectivity index (χ0n) is 8.79. The van der Waals surface area contributed by atoms with Gasteiger partial charge in [0.25, 0.3) is 0 Å². The molecule has 1 N–H and O–H groups in total. The molecule has 1 fully saturated rings. The van der Waals surface area contributed by atoms with Crippen LogP contribution in [0.5, 0.6) is 0 Å². The number of nitrogens with zero attached hydrogens (tertiary/aromatic N) is 2. The SMILES string of the molecule is Cc1cnc(CN2CCNC[C@@H]2C)s1. The first-order valence-electron chi connectivity index (χ1n) is 5.12. The highest BCUT2D eigenvalue weighted by Crippen LogP contribution is 2.15. The Kier molecular flexibility index (Phi) is 3.15. The van der Waals surface area contributed by atoms with E-state index in [-0.39, 0.29) is 0 Å². The first kappa shape index (κ1) is 10.1. The standard InChI is InChI=1S/C10H17N3S/c1-8-5-11-3-4-13(8)7-10-12-6-9(2)14-10/h6,8,11H,3-5,7H2,1-2H3/t8-/m0/s1. The van der Waals surface area contributed by atoms with Crippen LogP contribution in [0.3, 0.4) is 0 Å². The van der Waals surface area contributed by atoms with E-state index in [0.29, 0.717) is 6.04 Å². The van der Waals surface area contributed by atoms with E-state index in [1.807, 2.05) is 17.5 Å². The summed E-state index contributed by atoms with van der Waals surface area (Å²) in [5.41, 5.74) is 0. The van der Waals surface area contributed by atoms with Gasteiger partial charge in [-0.2, -0.15) is 0 Å². The minimum Gasteiger partial charge on any atom is -0.314 e. The zero-order valence-corrected chi connectivity index (χ0v) is 9.60. The summed E-state index contributed by atoms with van der Waals surface area (Å²) in [5.74, 6) is 0. The summed E-state index contributed by atoms with van der Waals surface area (Å²) >= 11 is 1.81. The molecule has 1 atom stereocenters. The highest BCUT2D eigenvalue weighted by Gasteiger charge is 2.18. The maximum Gasteiger partial charge on any atom is 0.107 e. The van der Waals surface area contributed by atoms with Gasteiger partial charge in [-0.15, -0.1) is 11.3 Å². The molecule has 0 radical (unpaired) electrons. The van der Waals surface area contributed by atoms with Crippen LogP contribution in [0.15, 0.2) is 6.20 Å². The molecule has 1 aliphatic rings. The summed E-state index contributed by atoms with van der Waals surface area (Å²) in [5, 5.41) is 4.64. The number of piperazine rings is 1. The molecule has 0 unspecified atom stereocenters. The van der Waals surface area contributed by atoms with Crippen LogP contribution >= 0.6 is 11.3 Å². The molecule has 0 spiro atoms. The predicted octanol–water partition coefficient (Wildman–Crippen LogP) is 1.25. The minimum atomic E-state index is 0.632. The van der Waals surface area contributed by atoms with Crippen molar-refractivity contribution in [2.75, 3.05) is 19.6 Å². The summed E-state index contributed by atoms with van der Waals surface area (Å²) in [7, 11) is 0. The fraction of sp³-hybridized carbons (Fsp3) is 0.700. The number of rotatable bonds is 2. The Morgan fingerprint density at radius 1 is 1.71 bits per heavy atom. The van der Waals surface area contributed by atoms with Crippen LogP contribution in [-0.2, 0) is 6.54 Å². The Labute approximate surface area is 89.1 Å². The maximum absolute atomic E-state index is 4.40. The van der Waals surface area contributed by atoms with Gasteiger partial charge in [-0.05, 0) is 13.8 Å². The van der Waals surface area contributed by atoms with Crippen molar-refractivity contribution in [2.45, 2.75) is 26.4 Å². The number of nitrogens with one attached hydrogen (secondary N) is 1. The number of aryl methyl sites for hydroxylation is 1. The fourth-order valence-electron chi connectivity index (χ4n) is 1.77. The van der Waals surface area contributed by atoms with Crippen LogP contribution in [0.4, 0.5) is 0 Å². The monoisotopic (exact) mass is 211 g/mol. The van der Waals surface area contributed by atoms with Gasteiger partial charge in [0.15, 0.2) is 0 Å². The summed E-state index contributed by atoms with van der Waals surface area (Å²) < 4.78 is 0. The fourth-order valence-corrected chi connectivity index (χ4v) is 2.58. The number of hydrogen-bond acceptors (Lipinski definition) is 4. The molecule has 1 aromatic heterocycles. The number of thiazole rings is 1. The molecule has 0 bridgehead atoms. The molecule has 0 aliphatic carbocycles. The third-order valence-corrected chi connectivity index (χ3v) is 3.54. The van der Waals surface area contributed by atoms with Crippen molar-refractivity contribution < 1.29 is 0 Å². The molecular weight excluding hydrogens is 194 g/mol. The molecule has 1 saturated heterocycles. The van der Waals surface area contributed by atoms with E-state index in [4.69, 9.17) is 0 Å². The van der Waals surface area contributed by atoms with Crippen LogP contribution in [0.2, 0.25) is 0 Å². The van der Waals surface area contributed by atoms with Crippen molar-refractivity contribution in [1.82, 2.24) is 15.2 Å². The molecule has 14 heavy (non-hydrogen) atoms. The number of hydrogen-bond donors (Lipinski definition) is 1. The summed E-state index contributed by atoms with van der Waals surface area (Å²) in [6.07, 6.45) is 1.97. The van der Waals surface area contributed by atoms with Crippen molar-refractivity contribution in [3.8, 4) is 0 Å². The average Bonchev–Trinajstić information content (AvgIpc) is 2.56. The van der Waals surface area contributed by atoms with E-state index in [9.17, 15) is 0 Å². The van der Waals surface area contributed by atoms with E-state index in [0.717, 1.165) is 26.2 Å². The smallest absolute Gasteiger partial charge is 0.107 e.